The number of alkyl halides is 3. The Morgan fingerprint density at radius 1 is 1.03 bits per heavy atom. The second kappa shape index (κ2) is 11.7. The van der Waals surface area contributed by atoms with E-state index in [9.17, 15) is 27.2 Å². The van der Waals surface area contributed by atoms with E-state index < -0.39 is 53.2 Å². The van der Waals surface area contributed by atoms with Crippen molar-refractivity contribution in [3.8, 4) is 5.75 Å². The molecule has 5 nitrogen and oxygen atoms in total. The van der Waals surface area contributed by atoms with Crippen molar-refractivity contribution in [2.45, 2.75) is 91.7 Å². The number of carbonyl (C=O) groups is 2. The predicted molar refractivity (Wildman–Crippen MR) is 115 cm³/mol. The first-order chi connectivity index (χ1) is 15.1. The summed E-state index contributed by atoms with van der Waals surface area (Å²) in [6.45, 7) is 12.1. The van der Waals surface area contributed by atoms with Crippen molar-refractivity contribution >= 4 is 11.9 Å². The topological polar surface area (TPSA) is 61.8 Å². The molecule has 0 aliphatic carbocycles. The van der Waals surface area contributed by atoms with Crippen molar-refractivity contribution in [2.24, 2.45) is 11.8 Å². The number of halogens is 4. The molecule has 0 heterocycles. The molecule has 188 valence electrons. The number of esters is 2. The van der Waals surface area contributed by atoms with Gasteiger partial charge in [0.1, 0.15) is 29.4 Å². The molecule has 33 heavy (non-hydrogen) atoms. The fourth-order valence-corrected chi connectivity index (χ4v) is 3.37. The Balaban J connectivity index is 2.96. The van der Waals surface area contributed by atoms with Gasteiger partial charge < -0.3 is 14.2 Å². The van der Waals surface area contributed by atoms with Crippen molar-refractivity contribution in [3.05, 3.63) is 29.6 Å². The molecule has 0 aliphatic heterocycles. The smallest absolute Gasteiger partial charge is 0.419 e. The molecule has 0 aliphatic rings. The summed E-state index contributed by atoms with van der Waals surface area (Å²) in [6.07, 6.45) is -5.23. The molecule has 1 rings (SSSR count). The minimum absolute atomic E-state index is 0.0953. The van der Waals surface area contributed by atoms with Gasteiger partial charge in [0.05, 0.1) is 17.9 Å². The van der Waals surface area contributed by atoms with E-state index in [2.05, 4.69) is 0 Å². The van der Waals surface area contributed by atoms with Crippen molar-refractivity contribution < 1.29 is 41.4 Å². The first-order valence-corrected chi connectivity index (χ1v) is 11.0. The Morgan fingerprint density at radius 3 is 2.06 bits per heavy atom. The molecule has 0 unspecified atom stereocenters. The number of carbonyl (C=O) groups excluding carboxylic acids is 2. The average Bonchev–Trinajstić information content (AvgIpc) is 2.65. The molecule has 0 amide bonds. The molecule has 0 spiro atoms. The van der Waals surface area contributed by atoms with Crippen molar-refractivity contribution in [2.75, 3.05) is 0 Å². The average molecular weight is 479 g/mol. The van der Waals surface area contributed by atoms with E-state index in [0.717, 1.165) is 6.07 Å². The van der Waals surface area contributed by atoms with E-state index in [1.165, 1.54) is 6.92 Å². The first-order valence-electron chi connectivity index (χ1n) is 11.0. The third-order valence-corrected chi connectivity index (χ3v) is 5.09. The summed E-state index contributed by atoms with van der Waals surface area (Å²) in [7, 11) is 0. The SMILES string of the molecule is CCC(CC)[C@@H](Oc1ccc(C(F)(F)F)c(F)c1)[C@H](C)OC(=O)[C@H](C)CC(=O)OC(C)(C)C. The number of hydrogen-bond acceptors (Lipinski definition) is 5. The molecular weight excluding hydrogens is 444 g/mol. The van der Waals surface area contributed by atoms with Gasteiger partial charge in [-0.15, -0.1) is 0 Å². The van der Waals surface area contributed by atoms with Crippen LogP contribution in [0.25, 0.3) is 0 Å². The van der Waals surface area contributed by atoms with Crippen LogP contribution in [0.2, 0.25) is 0 Å². The van der Waals surface area contributed by atoms with Crippen LogP contribution in [0.4, 0.5) is 17.6 Å². The van der Waals surface area contributed by atoms with Gasteiger partial charge in [-0.25, -0.2) is 4.39 Å². The highest BCUT2D eigenvalue weighted by molar-refractivity contribution is 5.79. The molecule has 0 saturated heterocycles. The van der Waals surface area contributed by atoms with E-state index >= 15 is 0 Å². The van der Waals surface area contributed by atoms with Gasteiger partial charge in [-0.05, 0) is 58.6 Å². The minimum Gasteiger partial charge on any atom is -0.486 e. The highest BCUT2D eigenvalue weighted by Gasteiger charge is 2.35. The molecule has 0 radical (unpaired) electrons. The third kappa shape index (κ3) is 9.21. The molecule has 3 atom stereocenters. The van der Waals surface area contributed by atoms with Gasteiger partial charge in [-0.2, -0.15) is 13.2 Å². The van der Waals surface area contributed by atoms with Gasteiger partial charge in [-0.3, -0.25) is 9.59 Å². The minimum atomic E-state index is -4.81. The van der Waals surface area contributed by atoms with Crippen LogP contribution >= 0.6 is 0 Å². The normalized spacial score (nSPS) is 15.0. The van der Waals surface area contributed by atoms with Gasteiger partial charge in [-0.1, -0.05) is 20.8 Å². The molecule has 9 heteroatoms. The molecule has 0 fully saturated rings. The van der Waals surface area contributed by atoms with Crippen LogP contribution in [0.3, 0.4) is 0 Å². The van der Waals surface area contributed by atoms with E-state index in [1.807, 2.05) is 13.8 Å². The summed E-state index contributed by atoms with van der Waals surface area (Å²) in [5.41, 5.74) is -2.07. The second-order valence-electron chi connectivity index (χ2n) is 9.13. The van der Waals surface area contributed by atoms with Crippen molar-refractivity contribution in [1.82, 2.24) is 0 Å². The second-order valence-corrected chi connectivity index (χ2v) is 9.13. The molecule has 0 saturated carbocycles. The van der Waals surface area contributed by atoms with E-state index in [0.29, 0.717) is 25.0 Å². The fraction of sp³-hybridized carbons (Fsp3) is 0.667. The Morgan fingerprint density at radius 2 is 1.61 bits per heavy atom. The molecule has 0 bridgehead atoms. The van der Waals surface area contributed by atoms with E-state index in [-0.39, 0.29) is 18.1 Å². The van der Waals surface area contributed by atoms with Gasteiger partial charge in [0.25, 0.3) is 0 Å². The zero-order valence-corrected chi connectivity index (χ0v) is 20.2. The third-order valence-electron chi connectivity index (χ3n) is 5.09. The van der Waals surface area contributed by atoms with Crippen LogP contribution in [-0.4, -0.2) is 29.7 Å². The largest absolute Gasteiger partial charge is 0.486 e. The Labute approximate surface area is 192 Å². The highest BCUT2D eigenvalue weighted by atomic mass is 19.4. The quantitative estimate of drug-likeness (QED) is 0.291. The van der Waals surface area contributed by atoms with Crippen LogP contribution in [0.5, 0.6) is 5.75 Å². The maximum absolute atomic E-state index is 14.0. The summed E-state index contributed by atoms with van der Waals surface area (Å²) in [6, 6.07) is 2.34. The number of benzene rings is 1. The van der Waals surface area contributed by atoms with Crippen LogP contribution in [0, 0.1) is 17.7 Å². The lowest BCUT2D eigenvalue weighted by Gasteiger charge is -2.31. The van der Waals surface area contributed by atoms with Crippen LogP contribution in [0.15, 0.2) is 18.2 Å². The first kappa shape index (κ1) is 28.7. The Hall–Kier alpha value is -2.32. The summed E-state index contributed by atoms with van der Waals surface area (Å²) < 4.78 is 69.1. The zero-order valence-electron chi connectivity index (χ0n) is 20.2. The van der Waals surface area contributed by atoms with Crippen molar-refractivity contribution in [1.29, 1.82) is 0 Å². The van der Waals surface area contributed by atoms with E-state index in [4.69, 9.17) is 14.2 Å². The van der Waals surface area contributed by atoms with Crippen LogP contribution < -0.4 is 4.74 Å². The fourth-order valence-electron chi connectivity index (χ4n) is 3.37. The van der Waals surface area contributed by atoms with Crippen LogP contribution in [0.1, 0.15) is 73.3 Å². The summed E-state index contributed by atoms with van der Waals surface area (Å²) in [5.74, 6) is -3.59. The molecular formula is C24H34F4O5. The zero-order chi connectivity index (χ0) is 25.6. The maximum atomic E-state index is 14.0. The monoisotopic (exact) mass is 478 g/mol. The number of rotatable bonds is 10. The Kier molecular flexibility index (Phi) is 10.2. The van der Waals surface area contributed by atoms with E-state index in [1.54, 1.807) is 27.7 Å². The Bertz CT molecular complexity index is 797. The van der Waals surface area contributed by atoms with Gasteiger partial charge >= 0.3 is 18.1 Å². The molecule has 1 aromatic rings. The van der Waals surface area contributed by atoms with Crippen LogP contribution in [-0.2, 0) is 25.2 Å². The number of ether oxygens (including phenoxy) is 3. The number of hydrogen-bond donors (Lipinski definition) is 0. The lowest BCUT2D eigenvalue weighted by molar-refractivity contribution is -0.166. The van der Waals surface area contributed by atoms with Gasteiger partial charge in [0.15, 0.2) is 0 Å². The molecule has 0 aromatic heterocycles. The highest BCUT2D eigenvalue weighted by Crippen LogP contribution is 2.34. The summed E-state index contributed by atoms with van der Waals surface area (Å²) in [4.78, 5) is 24.5. The van der Waals surface area contributed by atoms with Gasteiger partial charge in [0.2, 0.25) is 0 Å². The lowest BCUT2D eigenvalue weighted by atomic mass is 9.93. The lowest BCUT2D eigenvalue weighted by Crippen LogP contribution is -2.40. The predicted octanol–water partition coefficient (Wildman–Crippen LogP) is 6.33. The maximum Gasteiger partial charge on any atom is 0.419 e. The molecule has 1 aromatic carbocycles. The summed E-state index contributed by atoms with van der Waals surface area (Å²) in [5, 5.41) is 0. The molecule has 0 N–H and O–H groups in total. The standard InChI is InChI=1S/C24H34F4O5/c1-8-16(9-2)21(32-17-10-11-18(19(25)13-17)24(26,27)28)15(4)31-22(30)14(3)12-20(29)33-23(5,6)7/h10-11,13-16,21H,8-9,12H2,1-7H3/t14-,15+,21+/m1/s1. The summed E-state index contributed by atoms with van der Waals surface area (Å²) >= 11 is 0. The van der Waals surface area contributed by atoms with Gasteiger partial charge in [0, 0.05) is 6.07 Å². The van der Waals surface area contributed by atoms with Crippen molar-refractivity contribution in [3.63, 3.8) is 0 Å².